The van der Waals surface area contributed by atoms with Gasteiger partial charge in [-0.1, -0.05) is 84.5 Å². The number of carboxylic acid groups (broad SMARTS) is 2. The molecule has 4 heterocycles. The Morgan fingerprint density at radius 3 is 1.97 bits per heavy atom. The number of carbonyl (C=O) groups excluding carboxylic acids is 1. The van der Waals surface area contributed by atoms with Gasteiger partial charge in [0, 0.05) is 42.7 Å². The summed E-state index contributed by atoms with van der Waals surface area (Å²) < 4.78 is 45.8. The molecule has 0 spiro atoms. The monoisotopic (exact) mass is 909 g/mol. The Balaban J connectivity index is 1.35. The normalized spacial score (nSPS) is 16.3. The molecule has 3 amide bonds. The maximum absolute atomic E-state index is 14.4. The summed E-state index contributed by atoms with van der Waals surface area (Å²) in [5.74, 6) is -0.604. The number of carbonyl (C=O) groups is 3. The van der Waals surface area contributed by atoms with Gasteiger partial charge in [-0.2, -0.15) is 13.2 Å². The number of primary amides is 1. The van der Waals surface area contributed by atoms with Gasteiger partial charge in [-0.25, -0.2) is 23.6 Å². The van der Waals surface area contributed by atoms with Crippen molar-refractivity contribution in [3.8, 4) is 0 Å². The van der Waals surface area contributed by atoms with Crippen LogP contribution in [0.2, 0.25) is 0 Å². The predicted molar refractivity (Wildman–Crippen MR) is 230 cm³/mol. The Kier molecular flexibility index (Phi) is 13.4. The van der Waals surface area contributed by atoms with E-state index in [1.807, 2.05) is 6.07 Å². The number of hydrogen-bond donors (Lipinski definition) is 3. The Hall–Kier alpha value is -7.19. The van der Waals surface area contributed by atoms with Crippen molar-refractivity contribution in [3.05, 3.63) is 137 Å². The van der Waals surface area contributed by atoms with Gasteiger partial charge < -0.3 is 15.9 Å². The lowest BCUT2D eigenvalue weighted by Gasteiger charge is -2.53. The molecule has 0 bridgehead atoms. The summed E-state index contributed by atoms with van der Waals surface area (Å²) in [5.41, 5.74) is 5.20. The first kappa shape index (κ1) is 45.4. The quantitative estimate of drug-likeness (QED) is 0.0899. The molecule has 2 atom stereocenters. The lowest BCUT2D eigenvalue weighted by Crippen LogP contribution is -2.63. The first-order valence-corrected chi connectivity index (χ1v) is 22.0. The molecule has 8 rings (SSSR count). The number of nitrogens with zero attached hydrogens (tertiary/aromatic N) is 12. The highest BCUT2D eigenvalue weighted by Crippen LogP contribution is 2.50. The van der Waals surface area contributed by atoms with Crippen LogP contribution in [0.4, 0.5) is 22.8 Å². The predicted octanol–water partition coefficient (Wildman–Crippen LogP) is 6.92. The molecule has 6 aromatic rings. The lowest BCUT2D eigenvalue weighted by molar-refractivity contribution is -0.137. The minimum Gasteiger partial charge on any atom is -0.465 e. The second-order valence-corrected chi connectivity index (χ2v) is 17.1. The van der Waals surface area contributed by atoms with Crippen molar-refractivity contribution in [3.63, 3.8) is 0 Å². The zero-order valence-electron chi connectivity index (χ0n) is 36.0. The van der Waals surface area contributed by atoms with E-state index in [1.165, 1.54) is 42.2 Å². The molecule has 2 aliphatic carbocycles. The number of pyridine rings is 1. The molecule has 2 saturated carbocycles. The molecule has 0 aliphatic heterocycles. The summed E-state index contributed by atoms with van der Waals surface area (Å²) in [7, 11) is 0. The van der Waals surface area contributed by atoms with E-state index >= 15 is 0 Å². The topological polar surface area (TPSA) is 229 Å². The Labute approximate surface area is 377 Å². The van der Waals surface area contributed by atoms with Crippen LogP contribution in [0.5, 0.6) is 0 Å². The third kappa shape index (κ3) is 10.0. The number of rotatable bonds is 16. The summed E-state index contributed by atoms with van der Waals surface area (Å²) >= 11 is 0. The fourth-order valence-electron chi connectivity index (χ4n) is 9.70. The highest BCUT2D eigenvalue weighted by atomic mass is 19.4. The average Bonchev–Trinajstić information content (AvgIpc) is 4.08. The second kappa shape index (κ2) is 19.5. The standard InChI is InChI=1S/C45H50F3N13O5/c46-45(47,48)34-14-8-11-31(21-34)25-58-28-38(52-55-58)40(60(42(63)64)36-15-3-1-4-16-36)44(61(43(65)66)37-17-5-2-6-18-37,39-29-59(56-53-39)26-32-12-9-19-50-23-32)22-35-27-57(54-51-35)24-30-10-7-13-33(20-30)41(49)62/h7-14,19-21,23,27-29,36-37,40H,1-6,15-18,22,24-26H2,(H2,49,62)(H,63,64)(H,65,66). The minimum atomic E-state index is -4.60. The average molecular weight is 910 g/mol. The molecule has 2 aromatic carbocycles. The van der Waals surface area contributed by atoms with Gasteiger partial charge in [0.1, 0.15) is 23.0 Å². The van der Waals surface area contributed by atoms with Crippen LogP contribution >= 0.6 is 0 Å². The van der Waals surface area contributed by atoms with E-state index < -0.39 is 53.5 Å². The molecular weight excluding hydrogens is 860 g/mol. The zero-order chi connectivity index (χ0) is 46.4. The van der Waals surface area contributed by atoms with E-state index in [4.69, 9.17) is 10.8 Å². The molecule has 4 aromatic heterocycles. The SMILES string of the molecule is NC(=O)c1cccc(Cn2cc(CC(c3cn(Cc4cccnc4)nn3)(C(c3cn(Cc4cccc(C(F)(F)F)c4)nn3)N(C(=O)O)C3CCCCC3)N(C(=O)O)C3CCCCC3)nn2)c1. The van der Waals surface area contributed by atoms with E-state index in [2.05, 4.69) is 30.8 Å². The van der Waals surface area contributed by atoms with Crippen LogP contribution in [-0.2, 0) is 37.8 Å². The Bertz CT molecular complexity index is 2620. The fraction of sp³-hybridized carbons (Fsp3) is 0.422. The third-order valence-electron chi connectivity index (χ3n) is 12.6. The Morgan fingerprint density at radius 2 is 1.32 bits per heavy atom. The zero-order valence-corrected chi connectivity index (χ0v) is 36.0. The van der Waals surface area contributed by atoms with Crippen molar-refractivity contribution in [1.29, 1.82) is 0 Å². The van der Waals surface area contributed by atoms with Crippen LogP contribution < -0.4 is 5.73 Å². The highest BCUT2D eigenvalue weighted by Gasteiger charge is 2.58. The van der Waals surface area contributed by atoms with Gasteiger partial charge >= 0.3 is 18.4 Å². The van der Waals surface area contributed by atoms with Crippen LogP contribution in [0.15, 0.2) is 91.6 Å². The van der Waals surface area contributed by atoms with Crippen molar-refractivity contribution < 1.29 is 37.8 Å². The van der Waals surface area contributed by atoms with Gasteiger partial charge in [-0.3, -0.25) is 19.6 Å². The molecule has 0 radical (unpaired) electrons. The molecule has 346 valence electrons. The maximum Gasteiger partial charge on any atom is 0.416 e. The van der Waals surface area contributed by atoms with Crippen LogP contribution in [0.3, 0.4) is 0 Å². The van der Waals surface area contributed by atoms with Crippen LogP contribution in [0.25, 0.3) is 0 Å². The number of amides is 3. The van der Waals surface area contributed by atoms with Gasteiger partial charge in [-0.15, -0.1) is 15.3 Å². The van der Waals surface area contributed by atoms with Crippen molar-refractivity contribution in [2.75, 3.05) is 0 Å². The van der Waals surface area contributed by atoms with Crippen LogP contribution in [0, 0.1) is 0 Å². The van der Waals surface area contributed by atoms with Crippen LogP contribution in [-0.4, -0.2) is 100 Å². The van der Waals surface area contributed by atoms with Gasteiger partial charge in [0.25, 0.3) is 0 Å². The summed E-state index contributed by atoms with van der Waals surface area (Å²) in [6.07, 6.45) is 6.97. The largest absolute Gasteiger partial charge is 0.465 e. The van der Waals surface area contributed by atoms with Gasteiger partial charge in [0.15, 0.2) is 0 Å². The van der Waals surface area contributed by atoms with Crippen molar-refractivity contribution in [1.82, 2.24) is 59.8 Å². The minimum absolute atomic E-state index is 0.0504. The molecule has 2 fully saturated rings. The third-order valence-corrected chi connectivity index (χ3v) is 12.6. The molecule has 21 heteroatoms. The molecule has 18 nitrogen and oxygen atoms in total. The molecule has 0 saturated heterocycles. The molecule has 66 heavy (non-hydrogen) atoms. The summed E-state index contributed by atoms with van der Waals surface area (Å²) in [6.45, 7) is 0.187. The lowest BCUT2D eigenvalue weighted by atomic mass is 9.75. The molecule has 2 unspecified atom stereocenters. The maximum atomic E-state index is 14.4. The number of halogens is 3. The summed E-state index contributed by atoms with van der Waals surface area (Å²) in [4.78, 5) is 47.4. The number of alkyl halides is 3. The summed E-state index contributed by atoms with van der Waals surface area (Å²) in [6, 6.07) is 12.4. The van der Waals surface area contributed by atoms with E-state index in [0.29, 0.717) is 62.5 Å². The second-order valence-electron chi connectivity index (χ2n) is 17.1. The molecule has 4 N–H and O–H groups in total. The Morgan fingerprint density at radius 1 is 0.712 bits per heavy atom. The first-order chi connectivity index (χ1) is 31.8. The van der Waals surface area contributed by atoms with Gasteiger partial charge in [0.05, 0.1) is 43.3 Å². The molecule has 2 aliphatic rings. The number of hydrogen-bond acceptors (Lipinski definition) is 10. The molecular formula is C45H50F3N13O5. The first-order valence-electron chi connectivity index (χ1n) is 22.0. The van der Waals surface area contributed by atoms with Crippen molar-refractivity contribution in [2.45, 2.75) is 120 Å². The highest BCUT2D eigenvalue weighted by molar-refractivity contribution is 5.92. The summed E-state index contributed by atoms with van der Waals surface area (Å²) in [5, 5.41) is 50.4. The fourth-order valence-corrected chi connectivity index (χ4v) is 9.70. The van der Waals surface area contributed by atoms with E-state index in [-0.39, 0.29) is 48.7 Å². The van der Waals surface area contributed by atoms with Gasteiger partial charge in [0.2, 0.25) is 5.91 Å². The van der Waals surface area contributed by atoms with Gasteiger partial charge in [-0.05, 0) is 72.7 Å². The van der Waals surface area contributed by atoms with Crippen molar-refractivity contribution >= 4 is 18.1 Å². The van der Waals surface area contributed by atoms with Crippen LogP contribution in [0.1, 0.15) is 120 Å². The number of nitrogens with two attached hydrogens (primary N) is 1. The van der Waals surface area contributed by atoms with E-state index in [9.17, 15) is 37.8 Å². The van der Waals surface area contributed by atoms with E-state index in [1.54, 1.807) is 55.1 Å². The smallest absolute Gasteiger partial charge is 0.416 e. The van der Waals surface area contributed by atoms with Crippen molar-refractivity contribution in [2.24, 2.45) is 5.73 Å². The number of aromatic nitrogens is 10. The van der Waals surface area contributed by atoms with E-state index in [0.717, 1.165) is 30.5 Å². The number of benzene rings is 2.